The number of rotatable bonds is 7. The third kappa shape index (κ3) is 5.33. The van der Waals surface area contributed by atoms with Crippen molar-refractivity contribution < 1.29 is 9.53 Å². The molecule has 29 heavy (non-hydrogen) atoms. The maximum absolute atomic E-state index is 12.7. The Bertz CT molecular complexity index is 993. The lowest BCUT2D eigenvalue weighted by molar-refractivity contribution is -0.133. The number of hydrogen-bond acceptors (Lipinski definition) is 4. The Hall–Kier alpha value is -2.92. The highest BCUT2D eigenvalue weighted by Gasteiger charge is 2.16. The van der Waals surface area contributed by atoms with Gasteiger partial charge >= 0.3 is 0 Å². The Balaban J connectivity index is 1.74. The fourth-order valence-electron chi connectivity index (χ4n) is 2.90. The van der Waals surface area contributed by atoms with E-state index < -0.39 is 0 Å². The molecule has 5 nitrogen and oxygen atoms in total. The van der Waals surface area contributed by atoms with Gasteiger partial charge < -0.3 is 9.64 Å². The Morgan fingerprint density at radius 2 is 1.83 bits per heavy atom. The first-order chi connectivity index (χ1) is 14.0. The second-order valence-corrected chi connectivity index (χ2v) is 7.19. The highest BCUT2D eigenvalue weighted by molar-refractivity contribution is 6.30. The van der Waals surface area contributed by atoms with Gasteiger partial charge in [-0.05, 0) is 38.5 Å². The fraction of sp³-hybridized carbons (Fsp3) is 0.261. The van der Waals surface area contributed by atoms with Gasteiger partial charge in [-0.1, -0.05) is 54.1 Å². The number of carbonyl (C=O) groups is 1. The van der Waals surface area contributed by atoms with E-state index in [4.69, 9.17) is 16.3 Å². The molecule has 0 aliphatic carbocycles. The summed E-state index contributed by atoms with van der Waals surface area (Å²) in [4.78, 5) is 23.5. The first kappa shape index (κ1) is 20.8. The van der Waals surface area contributed by atoms with E-state index in [1.165, 1.54) is 0 Å². The Kier molecular flexibility index (Phi) is 6.83. The van der Waals surface area contributed by atoms with Crippen molar-refractivity contribution in [1.29, 1.82) is 0 Å². The fourth-order valence-corrected chi connectivity index (χ4v) is 3.09. The summed E-state index contributed by atoms with van der Waals surface area (Å²) in [6.45, 7) is 6.82. The van der Waals surface area contributed by atoms with E-state index in [1.54, 1.807) is 17.0 Å². The van der Waals surface area contributed by atoms with E-state index in [0.29, 0.717) is 29.8 Å². The molecule has 1 amide bonds. The normalized spacial score (nSPS) is 10.6. The van der Waals surface area contributed by atoms with Crippen molar-refractivity contribution in [3.05, 3.63) is 76.4 Å². The monoisotopic (exact) mass is 409 g/mol. The number of ether oxygens (including phenoxy) is 1. The molecule has 150 valence electrons. The summed E-state index contributed by atoms with van der Waals surface area (Å²) in [6.07, 6.45) is 0. The van der Waals surface area contributed by atoms with Gasteiger partial charge in [-0.15, -0.1) is 0 Å². The van der Waals surface area contributed by atoms with Gasteiger partial charge in [0.1, 0.15) is 0 Å². The average molecular weight is 410 g/mol. The number of hydrogen-bond donors (Lipinski definition) is 0. The number of aromatic nitrogens is 2. The van der Waals surface area contributed by atoms with Crippen LogP contribution in [-0.2, 0) is 11.3 Å². The first-order valence-corrected chi connectivity index (χ1v) is 9.91. The highest BCUT2D eigenvalue weighted by Crippen LogP contribution is 2.25. The molecule has 0 radical (unpaired) electrons. The van der Waals surface area contributed by atoms with Gasteiger partial charge in [-0.25, -0.2) is 4.98 Å². The predicted molar refractivity (Wildman–Crippen MR) is 115 cm³/mol. The van der Waals surface area contributed by atoms with E-state index in [9.17, 15) is 4.79 Å². The van der Waals surface area contributed by atoms with Gasteiger partial charge in [0, 0.05) is 34.9 Å². The number of aryl methyl sites for hydroxylation is 1. The number of halogens is 1. The van der Waals surface area contributed by atoms with Gasteiger partial charge in [-0.2, -0.15) is 4.98 Å². The van der Waals surface area contributed by atoms with Crippen LogP contribution in [-0.4, -0.2) is 33.9 Å². The quantitative estimate of drug-likeness (QED) is 0.560. The largest absolute Gasteiger partial charge is 0.467 e. The molecular weight excluding hydrogens is 386 g/mol. The molecule has 0 saturated heterocycles. The van der Waals surface area contributed by atoms with E-state index in [2.05, 4.69) is 9.97 Å². The lowest BCUT2D eigenvalue weighted by atomic mass is 10.2. The summed E-state index contributed by atoms with van der Waals surface area (Å²) < 4.78 is 5.82. The van der Waals surface area contributed by atoms with Crippen molar-refractivity contribution in [2.75, 3.05) is 13.2 Å². The van der Waals surface area contributed by atoms with Crippen molar-refractivity contribution in [1.82, 2.24) is 14.9 Å². The average Bonchev–Trinajstić information content (AvgIpc) is 2.73. The van der Waals surface area contributed by atoms with Crippen LogP contribution in [0.2, 0.25) is 5.02 Å². The minimum atomic E-state index is -0.0867. The van der Waals surface area contributed by atoms with Gasteiger partial charge in [-0.3, -0.25) is 4.79 Å². The number of benzene rings is 2. The lowest BCUT2D eigenvalue weighted by Gasteiger charge is -2.21. The second-order valence-electron chi connectivity index (χ2n) is 6.76. The third-order valence-electron chi connectivity index (χ3n) is 4.71. The van der Waals surface area contributed by atoms with Crippen LogP contribution in [0.1, 0.15) is 23.7 Å². The molecule has 1 aromatic heterocycles. The molecule has 0 aliphatic rings. The molecule has 6 heteroatoms. The number of carbonyl (C=O) groups excluding carboxylic acids is 1. The smallest absolute Gasteiger partial charge is 0.260 e. The predicted octanol–water partition coefficient (Wildman–Crippen LogP) is 4.84. The summed E-state index contributed by atoms with van der Waals surface area (Å²) >= 11 is 6.09. The van der Waals surface area contributed by atoms with Gasteiger partial charge in [0.25, 0.3) is 5.91 Å². The molecule has 0 fully saturated rings. The SMILES string of the molecule is CCN(Cc1ccccc1)C(=O)COc1nc(-c2cccc(Cl)c2)nc(C)c1C. The molecule has 0 spiro atoms. The first-order valence-electron chi connectivity index (χ1n) is 9.53. The highest BCUT2D eigenvalue weighted by atomic mass is 35.5. The minimum Gasteiger partial charge on any atom is -0.467 e. The Morgan fingerprint density at radius 3 is 2.52 bits per heavy atom. The summed E-state index contributed by atoms with van der Waals surface area (Å²) in [7, 11) is 0. The van der Waals surface area contributed by atoms with Crippen molar-refractivity contribution in [2.24, 2.45) is 0 Å². The molecule has 2 aromatic carbocycles. The zero-order valence-corrected chi connectivity index (χ0v) is 17.6. The Labute approximate surface area is 176 Å². The van der Waals surface area contributed by atoms with Crippen LogP contribution in [0.25, 0.3) is 11.4 Å². The van der Waals surface area contributed by atoms with Crippen LogP contribution >= 0.6 is 11.6 Å². The summed E-state index contributed by atoms with van der Waals surface area (Å²) in [6, 6.07) is 17.3. The molecular formula is C23H24ClN3O2. The maximum Gasteiger partial charge on any atom is 0.260 e. The van der Waals surface area contributed by atoms with Crippen molar-refractivity contribution in [3.63, 3.8) is 0 Å². The third-order valence-corrected chi connectivity index (χ3v) is 4.95. The van der Waals surface area contributed by atoms with Crippen LogP contribution < -0.4 is 4.74 Å². The minimum absolute atomic E-state index is 0.0764. The van der Waals surface area contributed by atoms with Gasteiger partial charge in [0.05, 0.1) is 0 Å². The van der Waals surface area contributed by atoms with Crippen molar-refractivity contribution >= 4 is 17.5 Å². The van der Waals surface area contributed by atoms with Crippen molar-refractivity contribution in [3.8, 4) is 17.3 Å². The number of nitrogens with zero attached hydrogens (tertiary/aromatic N) is 3. The molecule has 0 atom stereocenters. The summed E-state index contributed by atoms with van der Waals surface area (Å²) in [5, 5.41) is 0.612. The summed E-state index contributed by atoms with van der Waals surface area (Å²) in [5.74, 6) is 0.850. The Morgan fingerprint density at radius 1 is 1.07 bits per heavy atom. The topological polar surface area (TPSA) is 55.3 Å². The molecule has 3 rings (SSSR count). The molecule has 3 aromatic rings. The van der Waals surface area contributed by atoms with E-state index in [1.807, 2.05) is 63.2 Å². The summed E-state index contributed by atoms with van der Waals surface area (Å²) in [5.41, 5.74) is 3.50. The number of amides is 1. The van der Waals surface area contributed by atoms with E-state index >= 15 is 0 Å². The maximum atomic E-state index is 12.7. The molecule has 0 bridgehead atoms. The van der Waals surface area contributed by atoms with E-state index in [0.717, 1.165) is 22.4 Å². The zero-order chi connectivity index (χ0) is 20.8. The van der Waals surface area contributed by atoms with Crippen LogP contribution in [0.4, 0.5) is 0 Å². The number of likely N-dealkylation sites (N-methyl/N-ethyl adjacent to an activating group) is 1. The lowest BCUT2D eigenvalue weighted by Crippen LogP contribution is -2.34. The molecule has 1 heterocycles. The van der Waals surface area contributed by atoms with E-state index in [-0.39, 0.29) is 12.5 Å². The van der Waals surface area contributed by atoms with Gasteiger partial charge in [0.2, 0.25) is 5.88 Å². The van der Waals surface area contributed by atoms with Crippen LogP contribution in [0.3, 0.4) is 0 Å². The van der Waals surface area contributed by atoms with Crippen LogP contribution in [0, 0.1) is 13.8 Å². The molecule has 0 saturated carbocycles. The molecule has 0 unspecified atom stereocenters. The molecule has 0 aliphatic heterocycles. The van der Waals surface area contributed by atoms with Crippen LogP contribution in [0.15, 0.2) is 54.6 Å². The van der Waals surface area contributed by atoms with Crippen molar-refractivity contribution in [2.45, 2.75) is 27.3 Å². The van der Waals surface area contributed by atoms with Gasteiger partial charge in [0.15, 0.2) is 12.4 Å². The second kappa shape index (κ2) is 9.52. The van der Waals surface area contributed by atoms with Crippen LogP contribution in [0.5, 0.6) is 5.88 Å². The zero-order valence-electron chi connectivity index (χ0n) is 16.9. The molecule has 0 N–H and O–H groups in total. The standard InChI is InChI=1S/C23H24ClN3O2/c1-4-27(14-18-9-6-5-7-10-18)21(28)15-29-23-16(2)17(3)25-22(26-23)19-11-8-12-20(24)13-19/h5-13H,4,14-15H2,1-3H3.